The summed E-state index contributed by atoms with van der Waals surface area (Å²) in [7, 11) is 0. The third kappa shape index (κ3) is 2.54. The fraction of sp³-hybridized carbons (Fsp3) is 0.300. The van der Waals surface area contributed by atoms with Crippen molar-refractivity contribution >= 4 is 17.7 Å². The molecule has 0 spiro atoms. The number of esters is 1. The fourth-order valence-corrected chi connectivity index (χ4v) is 2.10. The maximum Gasteiger partial charge on any atom is 0.377 e. The van der Waals surface area contributed by atoms with E-state index < -0.39 is 29.7 Å². The molecule has 0 saturated carbocycles. The molecule has 7 nitrogen and oxygen atoms in total. The molecule has 1 aromatic heterocycles. The number of hydrogen-bond donors (Lipinski definition) is 3. The Kier molecular flexibility index (Phi) is 3.68. The highest BCUT2D eigenvalue weighted by Crippen LogP contribution is 2.24. The standard InChI is InChI=1S/C10H10N2O5S/c13-5(4-18-10-11-2-1-3-12-10)8-6(14)7(15)9(16)17-8/h1-3,5,8,13-15H,4H2/t5-,8+/m0/s1. The molecule has 2 heterocycles. The fourth-order valence-electron chi connectivity index (χ4n) is 1.33. The molecule has 0 unspecified atom stereocenters. The summed E-state index contributed by atoms with van der Waals surface area (Å²) in [5, 5.41) is 28.7. The Hall–Kier alpha value is -1.80. The first-order valence-corrected chi connectivity index (χ1v) is 5.99. The van der Waals surface area contributed by atoms with Gasteiger partial charge in [-0.05, 0) is 6.07 Å². The number of aliphatic hydroxyl groups is 3. The number of rotatable bonds is 4. The summed E-state index contributed by atoms with van der Waals surface area (Å²) in [6.45, 7) is 0. The average molecular weight is 270 g/mol. The van der Waals surface area contributed by atoms with Gasteiger partial charge in [0.1, 0.15) is 6.10 Å². The Morgan fingerprint density at radius 1 is 1.39 bits per heavy atom. The quantitative estimate of drug-likeness (QED) is 0.403. The third-order valence-electron chi connectivity index (χ3n) is 2.21. The number of cyclic esters (lactones) is 1. The summed E-state index contributed by atoms with van der Waals surface area (Å²) in [4.78, 5) is 18.8. The molecule has 2 rings (SSSR count). The van der Waals surface area contributed by atoms with Gasteiger partial charge in [-0.3, -0.25) is 0 Å². The van der Waals surface area contributed by atoms with E-state index in [0.717, 1.165) is 11.8 Å². The molecule has 0 saturated heterocycles. The van der Waals surface area contributed by atoms with Crippen LogP contribution in [0.3, 0.4) is 0 Å². The Bertz CT molecular complexity index is 478. The highest BCUT2D eigenvalue weighted by atomic mass is 32.2. The van der Waals surface area contributed by atoms with Crippen molar-refractivity contribution in [1.82, 2.24) is 9.97 Å². The molecule has 1 aliphatic rings. The van der Waals surface area contributed by atoms with Crippen molar-refractivity contribution in [2.24, 2.45) is 0 Å². The molecule has 0 bridgehead atoms. The normalized spacial score (nSPS) is 20.9. The van der Waals surface area contributed by atoms with Crippen LogP contribution in [0.1, 0.15) is 0 Å². The van der Waals surface area contributed by atoms with Crippen LogP contribution in [0.15, 0.2) is 35.1 Å². The van der Waals surface area contributed by atoms with Crippen LogP contribution in [0.2, 0.25) is 0 Å². The predicted octanol–water partition coefficient (Wildman–Crippen LogP) is 0.183. The van der Waals surface area contributed by atoms with Crippen LogP contribution >= 0.6 is 11.8 Å². The van der Waals surface area contributed by atoms with Gasteiger partial charge in [-0.15, -0.1) is 0 Å². The lowest BCUT2D eigenvalue weighted by molar-refractivity contribution is -0.146. The van der Waals surface area contributed by atoms with E-state index >= 15 is 0 Å². The maximum absolute atomic E-state index is 10.9. The molecular weight excluding hydrogens is 260 g/mol. The average Bonchev–Trinajstić information content (AvgIpc) is 2.65. The van der Waals surface area contributed by atoms with Gasteiger partial charge in [0.2, 0.25) is 5.76 Å². The van der Waals surface area contributed by atoms with Crippen molar-refractivity contribution in [2.75, 3.05) is 5.75 Å². The van der Waals surface area contributed by atoms with Gasteiger partial charge < -0.3 is 20.1 Å². The minimum atomic E-state index is -1.24. The molecule has 0 amide bonds. The second-order valence-corrected chi connectivity index (χ2v) is 4.46. The second-order valence-electron chi connectivity index (χ2n) is 3.47. The highest BCUT2D eigenvalue weighted by molar-refractivity contribution is 7.99. The van der Waals surface area contributed by atoms with E-state index in [4.69, 9.17) is 5.11 Å². The first kappa shape index (κ1) is 12.7. The van der Waals surface area contributed by atoms with Gasteiger partial charge in [0, 0.05) is 18.1 Å². The highest BCUT2D eigenvalue weighted by Gasteiger charge is 2.39. The molecule has 2 atom stereocenters. The number of aliphatic hydroxyl groups excluding tert-OH is 3. The Labute approximate surface area is 106 Å². The van der Waals surface area contributed by atoms with E-state index in [1.807, 2.05) is 0 Å². The summed E-state index contributed by atoms with van der Waals surface area (Å²) in [5.41, 5.74) is 0. The van der Waals surface area contributed by atoms with Crippen LogP contribution in [0.4, 0.5) is 0 Å². The Morgan fingerprint density at radius 2 is 2.06 bits per heavy atom. The van der Waals surface area contributed by atoms with Crippen LogP contribution in [0, 0.1) is 0 Å². The van der Waals surface area contributed by atoms with E-state index in [-0.39, 0.29) is 5.75 Å². The van der Waals surface area contributed by atoms with Gasteiger partial charge >= 0.3 is 5.97 Å². The number of nitrogens with zero attached hydrogens (tertiary/aromatic N) is 2. The lowest BCUT2D eigenvalue weighted by Crippen LogP contribution is -2.30. The van der Waals surface area contributed by atoms with Crippen LogP contribution in [0.5, 0.6) is 0 Å². The SMILES string of the molecule is O=C1O[C@H]([C@@H](O)CSc2ncccn2)C(O)=C1O. The van der Waals surface area contributed by atoms with Crippen molar-refractivity contribution in [3.63, 3.8) is 0 Å². The lowest BCUT2D eigenvalue weighted by Gasteiger charge is -2.16. The van der Waals surface area contributed by atoms with Crippen LogP contribution in [-0.2, 0) is 9.53 Å². The summed E-state index contributed by atoms with van der Waals surface area (Å²) in [6, 6.07) is 1.66. The smallest absolute Gasteiger partial charge is 0.377 e. The minimum absolute atomic E-state index is 0.110. The van der Waals surface area contributed by atoms with Crippen LogP contribution in [0.25, 0.3) is 0 Å². The Balaban J connectivity index is 1.94. The summed E-state index contributed by atoms with van der Waals surface area (Å²) in [6.07, 6.45) is 0.710. The zero-order valence-electron chi connectivity index (χ0n) is 9.05. The number of aromatic nitrogens is 2. The van der Waals surface area contributed by atoms with Gasteiger partial charge in [-0.1, -0.05) is 11.8 Å². The van der Waals surface area contributed by atoms with Crippen molar-refractivity contribution in [3.8, 4) is 0 Å². The molecule has 0 radical (unpaired) electrons. The monoisotopic (exact) mass is 270 g/mol. The van der Waals surface area contributed by atoms with Gasteiger partial charge in [0.15, 0.2) is 17.0 Å². The van der Waals surface area contributed by atoms with Crippen molar-refractivity contribution < 1.29 is 24.9 Å². The van der Waals surface area contributed by atoms with E-state index in [0.29, 0.717) is 5.16 Å². The van der Waals surface area contributed by atoms with E-state index in [9.17, 15) is 15.0 Å². The van der Waals surface area contributed by atoms with Gasteiger partial charge in [0.25, 0.3) is 0 Å². The molecule has 1 aliphatic heterocycles. The number of hydrogen-bond acceptors (Lipinski definition) is 8. The molecule has 1 aromatic rings. The van der Waals surface area contributed by atoms with E-state index in [1.54, 1.807) is 18.5 Å². The molecule has 3 N–H and O–H groups in total. The van der Waals surface area contributed by atoms with Crippen molar-refractivity contribution in [3.05, 3.63) is 30.0 Å². The largest absolute Gasteiger partial charge is 0.505 e. The van der Waals surface area contributed by atoms with Crippen LogP contribution in [-0.4, -0.2) is 49.2 Å². The van der Waals surface area contributed by atoms with E-state index in [2.05, 4.69) is 14.7 Å². The second kappa shape index (κ2) is 5.23. The molecular formula is C10H10N2O5S. The van der Waals surface area contributed by atoms with Crippen LogP contribution < -0.4 is 0 Å². The van der Waals surface area contributed by atoms with Crippen molar-refractivity contribution in [2.45, 2.75) is 17.4 Å². The van der Waals surface area contributed by atoms with Crippen molar-refractivity contribution in [1.29, 1.82) is 0 Å². The molecule has 0 fully saturated rings. The minimum Gasteiger partial charge on any atom is -0.505 e. The lowest BCUT2D eigenvalue weighted by atomic mass is 10.2. The zero-order valence-corrected chi connectivity index (χ0v) is 9.87. The van der Waals surface area contributed by atoms with Gasteiger partial charge in [-0.2, -0.15) is 0 Å². The summed E-state index contributed by atoms with van der Waals surface area (Å²) >= 11 is 1.14. The Morgan fingerprint density at radius 3 is 2.61 bits per heavy atom. The third-order valence-corrected chi connectivity index (χ3v) is 3.19. The molecule has 0 aliphatic carbocycles. The number of ether oxygens (including phenoxy) is 1. The molecule has 18 heavy (non-hydrogen) atoms. The zero-order chi connectivity index (χ0) is 13.1. The van der Waals surface area contributed by atoms with Gasteiger partial charge in [0.05, 0.1) is 0 Å². The number of carbonyl (C=O) groups excluding carboxylic acids is 1. The molecule has 0 aromatic carbocycles. The topological polar surface area (TPSA) is 113 Å². The van der Waals surface area contributed by atoms with Gasteiger partial charge in [-0.25, -0.2) is 14.8 Å². The molecule has 8 heteroatoms. The number of carbonyl (C=O) groups is 1. The van der Waals surface area contributed by atoms with E-state index in [1.165, 1.54) is 0 Å². The maximum atomic E-state index is 10.9. The first-order chi connectivity index (χ1) is 8.59. The number of thioether (sulfide) groups is 1. The molecule has 96 valence electrons. The summed E-state index contributed by atoms with van der Waals surface area (Å²) < 4.78 is 4.62. The summed E-state index contributed by atoms with van der Waals surface area (Å²) in [5.74, 6) is -2.45. The first-order valence-electron chi connectivity index (χ1n) is 5.00. The predicted molar refractivity (Wildman–Crippen MR) is 60.9 cm³/mol.